The maximum Gasteiger partial charge on any atom is 0.336 e. The van der Waals surface area contributed by atoms with Crippen LogP contribution < -0.4 is 21.0 Å². The minimum absolute atomic E-state index is 0.209. The lowest BCUT2D eigenvalue weighted by Gasteiger charge is -2.11. The van der Waals surface area contributed by atoms with Crippen molar-refractivity contribution in [2.75, 3.05) is 17.2 Å². The molecule has 0 bridgehead atoms. The van der Waals surface area contributed by atoms with Crippen LogP contribution >= 0.6 is 11.6 Å². The second-order valence-corrected chi connectivity index (χ2v) is 6.53. The van der Waals surface area contributed by atoms with Gasteiger partial charge < -0.3 is 19.8 Å². The highest BCUT2D eigenvalue weighted by molar-refractivity contribution is 6.32. The van der Waals surface area contributed by atoms with Gasteiger partial charge in [-0.25, -0.2) is 4.79 Å². The number of ether oxygens (including phenoxy) is 1. The van der Waals surface area contributed by atoms with Crippen molar-refractivity contribution in [1.29, 1.82) is 0 Å². The molecule has 2 amide bonds. The van der Waals surface area contributed by atoms with Crippen LogP contribution in [0.15, 0.2) is 51.7 Å². The van der Waals surface area contributed by atoms with Gasteiger partial charge in [-0.15, -0.1) is 0 Å². The summed E-state index contributed by atoms with van der Waals surface area (Å²) < 4.78 is 10.6. The van der Waals surface area contributed by atoms with Gasteiger partial charge in [-0.2, -0.15) is 0 Å². The predicted octanol–water partition coefficient (Wildman–Crippen LogP) is 3.73. The number of benzene rings is 2. The summed E-state index contributed by atoms with van der Waals surface area (Å²) in [4.78, 5) is 34.8. The summed E-state index contributed by atoms with van der Waals surface area (Å²) in [5.41, 5.74) is 1.65. The first-order valence-electron chi connectivity index (χ1n) is 8.36. The smallest absolute Gasteiger partial charge is 0.336 e. The third kappa shape index (κ3) is 4.69. The minimum atomic E-state index is -0.477. The van der Waals surface area contributed by atoms with Crippen LogP contribution in [0.4, 0.5) is 11.4 Å². The third-order valence-electron chi connectivity index (χ3n) is 3.83. The standard InChI is InChI=1S/C20H17ClN2O5/c1-11-6-20(26)28-17-9-18(16(21)8-15(11)17)27-10-19(25)23-14-5-3-4-13(7-14)22-12(2)24/h3-9H,10H2,1-2H3,(H,22,24)(H,23,25). The summed E-state index contributed by atoms with van der Waals surface area (Å²) >= 11 is 6.21. The summed E-state index contributed by atoms with van der Waals surface area (Å²) in [7, 11) is 0. The van der Waals surface area contributed by atoms with Gasteiger partial charge in [0.25, 0.3) is 5.91 Å². The van der Waals surface area contributed by atoms with E-state index in [1.165, 1.54) is 19.1 Å². The quantitative estimate of drug-likeness (QED) is 0.636. The average molecular weight is 401 g/mol. The maximum atomic E-state index is 12.2. The first-order valence-corrected chi connectivity index (χ1v) is 8.74. The lowest BCUT2D eigenvalue weighted by Crippen LogP contribution is -2.20. The van der Waals surface area contributed by atoms with E-state index in [0.29, 0.717) is 27.4 Å². The minimum Gasteiger partial charge on any atom is -0.482 e. The monoisotopic (exact) mass is 400 g/mol. The topological polar surface area (TPSA) is 97.6 Å². The summed E-state index contributed by atoms with van der Waals surface area (Å²) in [6.07, 6.45) is 0. The fourth-order valence-electron chi connectivity index (χ4n) is 2.65. The van der Waals surface area contributed by atoms with Crippen LogP contribution in [0.2, 0.25) is 5.02 Å². The lowest BCUT2D eigenvalue weighted by atomic mass is 10.1. The van der Waals surface area contributed by atoms with Crippen molar-refractivity contribution < 1.29 is 18.7 Å². The highest BCUT2D eigenvalue weighted by atomic mass is 35.5. The van der Waals surface area contributed by atoms with Crippen LogP contribution in [0.5, 0.6) is 5.75 Å². The van der Waals surface area contributed by atoms with Crippen LogP contribution in [0, 0.1) is 6.92 Å². The number of carbonyl (C=O) groups is 2. The lowest BCUT2D eigenvalue weighted by molar-refractivity contribution is -0.118. The van der Waals surface area contributed by atoms with Gasteiger partial charge in [0.05, 0.1) is 5.02 Å². The molecule has 0 radical (unpaired) electrons. The zero-order valence-electron chi connectivity index (χ0n) is 15.2. The summed E-state index contributed by atoms with van der Waals surface area (Å²) in [6, 6.07) is 11.2. The predicted molar refractivity (Wildman–Crippen MR) is 107 cm³/mol. The van der Waals surface area contributed by atoms with E-state index in [0.717, 1.165) is 5.56 Å². The van der Waals surface area contributed by atoms with Crippen LogP contribution in [0.25, 0.3) is 11.0 Å². The van der Waals surface area contributed by atoms with Gasteiger partial charge in [0.2, 0.25) is 5.91 Å². The van der Waals surface area contributed by atoms with Crippen molar-refractivity contribution in [2.45, 2.75) is 13.8 Å². The number of hydrogen-bond acceptors (Lipinski definition) is 5. The molecule has 28 heavy (non-hydrogen) atoms. The Hall–Kier alpha value is -3.32. The Morgan fingerprint density at radius 3 is 2.54 bits per heavy atom. The molecule has 0 saturated heterocycles. The van der Waals surface area contributed by atoms with Gasteiger partial charge in [0.1, 0.15) is 11.3 Å². The van der Waals surface area contributed by atoms with Crippen molar-refractivity contribution in [2.24, 2.45) is 0 Å². The molecule has 0 aliphatic heterocycles. The Morgan fingerprint density at radius 1 is 1.11 bits per heavy atom. The number of amides is 2. The zero-order valence-corrected chi connectivity index (χ0v) is 15.9. The molecule has 0 aliphatic rings. The molecule has 0 atom stereocenters. The van der Waals surface area contributed by atoms with Crippen molar-refractivity contribution in [1.82, 2.24) is 0 Å². The van der Waals surface area contributed by atoms with Gasteiger partial charge in [0.15, 0.2) is 6.61 Å². The number of anilines is 2. The average Bonchev–Trinajstić information content (AvgIpc) is 2.60. The van der Waals surface area contributed by atoms with E-state index in [2.05, 4.69) is 10.6 Å². The second kappa shape index (κ2) is 8.14. The van der Waals surface area contributed by atoms with Crippen molar-refractivity contribution >= 4 is 45.8 Å². The van der Waals surface area contributed by atoms with Crippen LogP contribution in [-0.2, 0) is 9.59 Å². The highest BCUT2D eigenvalue weighted by Crippen LogP contribution is 2.31. The Morgan fingerprint density at radius 2 is 1.82 bits per heavy atom. The van der Waals surface area contributed by atoms with E-state index in [1.807, 2.05) is 0 Å². The molecule has 0 aliphatic carbocycles. The zero-order chi connectivity index (χ0) is 20.3. The van der Waals surface area contributed by atoms with Gasteiger partial charge in [-0.05, 0) is 36.8 Å². The molecule has 0 fully saturated rings. The number of fused-ring (bicyclic) bond motifs is 1. The normalized spacial score (nSPS) is 10.5. The van der Waals surface area contributed by atoms with Crippen molar-refractivity contribution in [3.05, 3.63) is 63.5 Å². The number of nitrogens with one attached hydrogen (secondary N) is 2. The van der Waals surface area contributed by atoms with Crippen molar-refractivity contribution in [3.8, 4) is 5.75 Å². The first kappa shape index (κ1) is 19.4. The molecule has 1 aromatic heterocycles. The summed E-state index contributed by atoms with van der Waals surface area (Å²) in [6.45, 7) is 2.88. The van der Waals surface area contributed by atoms with Crippen LogP contribution in [-0.4, -0.2) is 18.4 Å². The molecule has 144 valence electrons. The molecular weight excluding hydrogens is 384 g/mol. The molecule has 0 saturated carbocycles. The number of rotatable bonds is 5. The van der Waals surface area contributed by atoms with Gasteiger partial charge >= 0.3 is 5.63 Å². The number of carbonyl (C=O) groups excluding carboxylic acids is 2. The Bertz CT molecular complexity index is 1120. The second-order valence-electron chi connectivity index (χ2n) is 6.13. The molecule has 2 N–H and O–H groups in total. The Kier molecular flexibility index (Phi) is 5.65. The maximum absolute atomic E-state index is 12.2. The van der Waals surface area contributed by atoms with Crippen LogP contribution in [0.1, 0.15) is 12.5 Å². The SMILES string of the molecule is CC(=O)Nc1cccc(NC(=O)COc2cc3oc(=O)cc(C)c3cc2Cl)c1. The van der Waals surface area contributed by atoms with E-state index in [1.54, 1.807) is 37.3 Å². The van der Waals surface area contributed by atoms with E-state index in [9.17, 15) is 14.4 Å². The molecular formula is C20H17ClN2O5. The molecule has 2 aromatic carbocycles. The number of aryl methyl sites for hydroxylation is 1. The Labute approximate surface area is 165 Å². The van der Waals surface area contributed by atoms with E-state index in [4.69, 9.17) is 20.8 Å². The highest BCUT2D eigenvalue weighted by Gasteiger charge is 2.11. The molecule has 8 heteroatoms. The van der Waals surface area contributed by atoms with E-state index < -0.39 is 11.5 Å². The van der Waals surface area contributed by atoms with Gasteiger partial charge in [-0.3, -0.25) is 9.59 Å². The Balaban J connectivity index is 1.70. The summed E-state index contributed by atoms with van der Waals surface area (Å²) in [5.74, 6) is -0.397. The fraction of sp³-hybridized carbons (Fsp3) is 0.150. The molecule has 1 heterocycles. The first-order chi connectivity index (χ1) is 13.3. The third-order valence-corrected chi connectivity index (χ3v) is 4.12. The van der Waals surface area contributed by atoms with Gasteiger partial charge in [0, 0.05) is 35.8 Å². The van der Waals surface area contributed by atoms with Crippen molar-refractivity contribution in [3.63, 3.8) is 0 Å². The molecule has 0 unspecified atom stereocenters. The van der Waals surface area contributed by atoms with Gasteiger partial charge in [-0.1, -0.05) is 17.7 Å². The molecule has 3 rings (SSSR count). The molecule has 3 aromatic rings. The van der Waals surface area contributed by atoms with E-state index >= 15 is 0 Å². The number of halogens is 1. The fourth-order valence-corrected chi connectivity index (χ4v) is 2.87. The number of hydrogen-bond donors (Lipinski definition) is 2. The summed E-state index contributed by atoms with van der Waals surface area (Å²) in [5, 5.41) is 6.29. The van der Waals surface area contributed by atoms with Crippen LogP contribution in [0.3, 0.4) is 0 Å². The molecule has 0 spiro atoms. The largest absolute Gasteiger partial charge is 0.482 e. The molecule has 7 nitrogen and oxygen atoms in total. The van der Waals surface area contributed by atoms with E-state index in [-0.39, 0.29) is 18.3 Å².